The number of ether oxygens (including phenoxy) is 2. The second-order valence-electron chi connectivity index (χ2n) is 11.3. The molecule has 1 saturated heterocycles. The Bertz CT molecular complexity index is 1540. The minimum atomic E-state index is -0.946. The van der Waals surface area contributed by atoms with Crippen molar-refractivity contribution in [3.63, 3.8) is 0 Å². The van der Waals surface area contributed by atoms with Crippen molar-refractivity contribution < 1.29 is 23.5 Å². The molecule has 1 aliphatic rings. The summed E-state index contributed by atoms with van der Waals surface area (Å²) >= 11 is 7.72. The predicted molar refractivity (Wildman–Crippen MR) is 181 cm³/mol. The van der Waals surface area contributed by atoms with Crippen molar-refractivity contribution in [3.8, 4) is 0 Å². The van der Waals surface area contributed by atoms with Crippen LogP contribution in [0, 0.1) is 5.82 Å². The summed E-state index contributed by atoms with van der Waals surface area (Å²) in [5.74, 6) is -0.298. The molecule has 1 fully saturated rings. The average molecular weight is 661 g/mol. The lowest BCUT2D eigenvalue weighted by Crippen LogP contribution is -2.46. The van der Waals surface area contributed by atoms with Crippen LogP contribution >= 0.6 is 23.4 Å². The quantitative estimate of drug-likeness (QED) is 0.147. The third-order valence-corrected chi connectivity index (χ3v) is 9.53. The van der Waals surface area contributed by atoms with Gasteiger partial charge in [0.2, 0.25) is 0 Å². The molecule has 4 aromatic rings. The number of halogens is 2. The van der Waals surface area contributed by atoms with E-state index in [0.717, 1.165) is 28.3 Å². The van der Waals surface area contributed by atoms with Gasteiger partial charge in [-0.2, -0.15) is 0 Å². The van der Waals surface area contributed by atoms with E-state index in [1.54, 1.807) is 23.9 Å². The number of thioether (sulfide) groups is 1. The van der Waals surface area contributed by atoms with Crippen LogP contribution in [0.2, 0.25) is 5.02 Å². The van der Waals surface area contributed by atoms with Gasteiger partial charge in [0.1, 0.15) is 11.9 Å². The number of morpholine rings is 1. The van der Waals surface area contributed by atoms with Gasteiger partial charge in [0, 0.05) is 41.1 Å². The molecule has 0 spiro atoms. The van der Waals surface area contributed by atoms with Gasteiger partial charge in [-0.15, -0.1) is 11.8 Å². The molecule has 6 nitrogen and oxygen atoms in total. The van der Waals surface area contributed by atoms with Gasteiger partial charge in [0.25, 0.3) is 0 Å². The standard InChI is InChI=1S/C37H38ClFN2O4S/c1-44-37(43)41-36(35(25-9-4-2-5-10-25)26-11-6-3-7-12-26)34(42)21-27-13-8-14-33(39)32(27)20-17-29-22-40-23-30(45-29)24-46-31-18-15-28(38)16-19-31/h2-16,18-19,29-30,35-36,40H,17,20-24H2,1H3,(H,41,43)/t29-,30+,36-/m1/s1. The molecular formula is C37H38ClFN2O4S. The molecule has 0 saturated carbocycles. The number of hydrogen-bond acceptors (Lipinski definition) is 6. The monoisotopic (exact) mass is 660 g/mol. The Morgan fingerprint density at radius 1 is 0.935 bits per heavy atom. The number of nitrogens with one attached hydrogen (secondary N) is 2. The van der Waals surface area contributed by atoms with Gasteiger partial charge < -0.3 is 20.1 Å². The van der Waals surface area contributed by atoms with Crippen molar-refractivity contribution in [2.75, 3.05) is 26.0 Å². The fourth-order valence-corrected chi connectivity index (χ4v) is 6.88. The lowest BCUT2D eigenvalue weighted by atomic mass is 9.81. The number of benzene rings is 4. The first-order valence-electron chi connectivity index (χ1n) is 15.4. The lowest BCUT2D eigenvalue weighted by molar-refractivity contribution is -0.120. The zero-order valence-electron chi connectivity index (χ0n) is 25.7. The van der Waals surface area contributed by atoms with E-state index in [4.69, 9.17) is 21.1 Å². The van der Waals surface area contributed by atoms with Crippen molar-refractivity contribution in [3.05, 3.63) is 136 Å². The minimum Gasteiger partial charge on any atom is -0.453 e. The Balaban J connectivity index is 1.30. The molecule has 1 aliphatic heterocycles. The maximum atomic E-state index is 15.4. The van der Waals surface area contributed by atoms with Gasteiger partial charge in [-0.3, -0.25) is 4.79 Å². The van der Waals surface area contributed by atoms with Crippen molar-refractivity contribution in [1.29, 1.82) is 0 Å². The summed E-state index contributed by atoms with van der Waals surface area (Å²) in [5.41, 5.74) is 2.83. The minimum absolute atomic E-state index is 0.0131. The molecule has 0 aliphatic carbocycles. The number of alkyl carbamates (subject to hydrolysis) is 1. The van der Waals surface area contributed by atoms with Gasteiger partial charge in [-0.05, 0) is 65.4 Å². The molecule has 0 aromatic heterocycles. The van der Waals surface area contributed by atoms with Crippen LogP contribution in [-0.4, -0.2) is 56.1 Å². The zero-order valence-corrected chi connectivity index (χ0v) is 27.2. The summed E-state index contributed by atoms with van der Waals surface area (Å²) in [6, 6.07) is 30.8. The second-order valence-corrected chi connectivity index (χ2v) is 12.8. The highest BCUT2D eigenvalue weighted by Crippen LogP contribution is 2.30. The van der Waals surface area contributed by atoms with Crippen molar-refractivity contribution in [2.45, 2.75) is 48.3 Å². The summed E-state index contributed by atoms with van der Waals surface area (Å²) in [5, 5.41) is 6.95. The van der Waals surface area contributed by atoms with E-state index in [2.05, 4.69) is 10.6 Å². The Labute approximate surface area is 279 Å². The summed E-state index contributed by atoms with van der Waals surface area (Å²) in [7, 11) is 1.27. The van der Waals surface area contributed by atoms with E-state index in [1.807, 2.05) is 84.9 Å². The Morgan fingerprint density at radius 3 is 2.24 bits per heavy atom. The highest BCUT2D eigenvalue weighted by Gasteiger charge is 2.33. The van der Waals surface area contributed by atoms with E-state index in [9.17, 15) is 9.59 Å². The van der Waals surface area contributed by atoms with E-state index in [-0.39, 0.29) is 30.2 Å². The predicted octanol–water partition coefficient (Wildman–Crippen LogP) is 7.23. The highest BCUT2D eigenvalue weighted by molar-refractivity contribution is 7.99. The van der Waals surface area contributed by atoms with E-state index >= 15 is 4.39 Å². The summed E-state index contributed by atoms with van der Waals surface area (Å²) in [4.78, 5) is 27.8. The molecule has 0 unspecified atom stereocenters. The molecule has 5 rings (SSSR count). The average Bonchev–Trinajstić information content (AvgIpc) is 3.08. The van der Waals surface area contributed by atoms with E-state index in [0.29, 0.717) is 35.5 Å². The van der Waals surface area contributed by atoms with Crippen molar-refractivity contribution >= 4 is 35.2 Å². The summed E-state index contributed by atoms with van der Waals surface area (Å²) in [6.45, 7) is 1.42. The molecule has 1 amide bonds. The van der Waals surface area contributed by atoms with Crippen LogP contribution in [-0.2, 0) is 27.1 Å². The van der Waals surface area contributed by atoms with Crippen LogP contribution in [0.15, 0.2) is 108 Å². The fraction of sp³-hybridized carbons (Fsp3) is 0.297. The number of ketones is 1. The number of Topliss-reactive ketones (excluding diaryl/α,β-unsaturated/α-hetero) is 1. The van der Waals surface area contributed by atoms with Crippen LogP contribution in [0.1, 0.15) is 34.6 Å². The Hall–Kier alpha value is -3.69. The molecule has 240 valence electrons. The Morgan fingerprint density at radius 2 is 1.59 bits per heavy atom. The molecule has 2 N–H and O–H groups in total. The maximum Gasteiger partial charge on any atom is 0.407 e. The zero-order chi connectivity index (χ0) is 32.3. The molecule has 1 heterocycles. The number of rotatable bonds is 13. The first kappa shape index (κ1) is 33.7. The first-order chi connectivity index (χ1) is 22.4. The highest BCUT2D eigenvalue weighted by atomic mass is 35.5. The maximum absolute atomic E-state index is 15.4. The van der Waals surface area contributed by atoms with Crippen LogP contribution in [0.3, 0.4) is 0 Å². The number of carbonyl (C=O) groups is 2. The SMILES string of the molecule is COC(=O)N[C@H](C(=O)Cc1cccc(F)c1CC[C@@H]1CNC[C@@H](CSc2ccc(Cl)cc2)O1)C(c1ccccc1)c1ccccc1. The first-order valence-corrected chi connectivity index (χ1v) is 16.8. The van der Waals surface area contributed by atoms with E-state index in [1.165, 1.54) is 13.2 Å². The van der Waals surface area contributed by atoms with Gasteiger partial charge >= 0.3 is 6.09 Å². The largest absolute Gasteiger partial charge is 0.453 e. The number of methoxy groups -OCH3 is 1. The van der Waals surface area contributed by atoms with Crippen LogP contribution in [0.5, 0.6) is 0 Å². The number of amides is 1. The van der Waals surface area contributed by atoms with Crippen molar-refractivity contribution in [2.24, 2.45) is 0 Å². The fourth-order valence-electron chi connectivity index (χ4n) is 5.85. The molecule has 46 heavy (non-hydrogen) atoms. The third-order valence-electron chi connectivity index (χ3n) is 8.13. The molecular weight excluding hydrogens is 623 g/mol. The van der Waals surface area contributed by atoms with Crippen LogP contribution in [0.25, 0.3) is 0 Å². The van der Waals surface area contributed by atoms with Crippen LogP contribution in [0.4, 0.5) is 9.18 Å². The lowest BCUT2D eigenvalue weighted by Gasteiger charge is -2.31. The van der Waals surface area contributed by atoms with Gasteiger partial charge in [0.05, 0.1) is 19.3 Å². The van der Waals surface area contributed by atoms with Crippen LogP contribution < -0.4 is 10.6 Å². The molecule has 0 bridgehead atoms. The molecule has 0 radical (unpaired) electrons. The second kappa shape index (κ2) is 16.7. The molecule has 3 atom stereocenters. The third kappa shape index (κ3) is 9.19. The number of hydrogen-bond donors (Lipinski definition) is 2. The van der Waals surface area contributed by atoms with Gasteiger partial charge in [-0.1, -0.05) is 84.4 Å². The summed E-state index contributed by atoms with van der Waals surface area (Å²) in [6.07, 6.45) is 0.163. The summed E-state index contributed by atoms with van der Waals surface area (Å²) < 4.78 is 26.6. The molecule has 9 heteroatoms. The smallest absolute Gasteiger partial charge is 0.407 e. The topological polar surface area (TPSA) is 76.7 Å². The number of carbonyl (C=O) groups excluding carboxylic acids is 2. The molecule has 4 aromatic carbocycles. The van der Waals surface area contributed by atoms with Crippen molar-refractivity contribution in [1.82, 2.24) is 10.6 Å². The van der Waals surface area contributed by atoms with Gasteiger partial charge in [0.15, 0.2) is 5.78 Å². The van der Waals surface area contributed by atoms with Gasteiger partial charge in [-0.25, -0.2) is 9.18 Å². The van der Waals surface area contributed by atoms with E-state index < -0.39 is 18.1 Å². The normalized spacial score (nSPS) is 17.0. The Kier molecular flexibility index (Phi) is 12.3.